The molecule has 0 spiro atoms. The van der Waals surface area contributed by atoms with E-state index in [0.717, 1.165) is 3.61 Å². The van der Waals surface area contributed by atoms with Crippen LogP contribution in [0, 0.1) is 5.41 Å². The molecule has 0 saturated heterocycles. The van der Waals surface area contributed by atoms with Gasteiger partial charge in [0.25, 0.3) is 0 Å². The molecule has 14 heteroatoms. The summed E-state index contributed by atoms with van der Waals surface area (Å²) in [7, 11) is -6.36. The minimum atomic E-state index is -6.36. The number of hydrogen-bond donors (Lipinski definition) is 1. The van der Waals surface area contributed by atoms with Gasteiger partial charge in [-0.25, -0.2) is 0 Å². The molecule has 0 aliphatic heterocycles. The standard InChI is InChI=1S/C23H24F4O7STe2/c1-21(2,3)19(28)14-33-15-4-8-17(9-5-15)36-37-18-10-6-16(7-11-18)34-20(29)12-13-22(24,25)23(26,27)35(30,31)32/h4-11H,12-14H2,1-3H3,(H,30,31,32). The fourth-order valence-electron chi connectivity index (χ4n) is 2.39. The van der Waals surface area contributed by atoms with Crippen LogP contribution < -0.4 is 16.7 Å². The van der Waals surface area contributed by atoms with Crippen molar-refractivity contribution < 1.29 is 49.6 Å². The van der Waals surface area contributed by atoms with Gasteiger partial charge in [-0.15, -0.1) is 0 Å². The third-order valence-electron chi connectivity index (χ3n) is 4.71. The van der Waals surface area contributed by atoms with Crippen molar-refractivity contribution >= 4 is 63.2 Å². The van der Waals surface area contributed by atoms with Gasteiger partial charge in [0.2, 0.25) is 0 Å². The SMILES string of the molecule is CC(C)(C)C(=O)COc1ccc([Te][Te]c2ccc(OC(=O)CCC(F)(F)C(F)(F)S(=O)(=O)O)cc2)cc1. The summed E-state index contributed by atoms with van der Waals surface area (Å²) in [4.78, 5) is 23.7. The van der Waals surface area contributed by atoms with Crippen LogP contribution in [-0.4, -0.2) is 76.6 Å². The number of benzene rings is 2. The first-order valence-electron chi connectivity index (χ1n) is 10.6. The fraction of sp³-hybridized carbons (Fsp3) is 0.391. The molecule has 0 bridgehead atoms. The van der Waals surface area contributed by atoms with Crippen molar-refractivity contribution in [1.29, 1.82) is 0 Å². The van der Waals surface area contributed by atoms with E-state index in [1.54, 1.807) is 12.1 Å². The molecule has 0 heterocycles. The topological polar surface area (TPSA) is 107 Å². The number of Topliss-reactive ketones (excluding diaryl/α,β-unsaturated/α-hetero) is 1. The fourth-order valence-corrected chi connectivity index (χ4v) is 12.8. The van der Waals surface area contributed by atoms with E-state index in [-0.39, 0.29) is 18.1 Å². The number of carbonyl (C=O) groups excluding carboxylic acids is 2. The molecule has 0 fully saturated rings. The molecule has 0 unspecified atom stereocenters. The number of ketones is 1. The van der Waals surface area contributed by atoms with Crippen molar-refractivity contribution in [2.24, 2.45) is 5.41 Å². The maximum absolute atomic E-state index is 13.5. The summed E-state index contributed by atoms with van der Waals surface area (Å²) in [6.07, 6.45) is -3.02. The van der Waals surface area contributed by atoms with E-state index in [2.05, 4.69) is 0 Å². The van der Waals surface area contributed by atoms with Crippen molar-refractivity contribution in [1.82, 2.24) is 0 Å². The van der Waals surface area contributed by atoms with Gasteiger partial charge >= 0.3 is 230 Å². The van der Waals surface area contributed by atoms with Crippen molar-refractivity contribution in [2.45, 2.75) is 44.8 Å². The van der Waals surface area contributed by atoms with Gasteiger partial charge in [-0.1, -0.05) is 0 Å². The van der Waals surface area contributed by atoms with Gasteiger partial charge in [-0.3, -0.25) is 0 Å². The Morgan fingerprint density at radius 1 is 0.865 bits per heavy atom. The number of hydrogen-bond acceptors (Lipinski definition) is 6. The van der Waals surface area contributed by atoms with Crippen LogP contribution in [0.3, 0.4) is 0 Å². The van der Waals surface area contributed by atoms with Gasteiger partial charge < -0.3 is 0 Å². The molecule has 0 radical (unpaired) electrons. The van der Waals surface area contributed by atoms with Crippen molar-refractivity contribution in [3.05, 3.63) is 48.5 Å². The Morgan fingerprint density at radius 3 is 1.76 bits per heavy atom. The van der Waals surface area contributed by atoms with Gasteiger partial charge in [0.1, 0.15) is 0 Å². The molecular weight excluding hydrogens is 752 g/mol. The predicted molar refractivity (Wildman–Crippen MR) is 130 cm³/mol. The Bertz CT molecular complexity index is 1200. The summed E-state index contributed by atoms with van der Waals surface area (Å²) in [5, 5.41) is -5.73. The molecule has 7 nitrogen and oxygen atoms in total. The van der Waals surface area contributed by atoms with Crippen molar-refractivity contribution in [3.63, 3.8) is 0 Å². The van der Waals surface area contributed by atoms with Crippen LogP contribution in [0.15, 0.2) is 48.5 Å². The van der Waals surface area contributed by atoms with Crippen LogP contribution in [0.2, 0.25) is 0 Å². The minimum absolute atomic E-state index is 0.00282. The Hall–Kier alpha value is -1.41. The quantitative estimate of drug-likeness (QED) is 0.116. The first-order chi connectivity index (χ1) is 16.9. The second-order valence-electron chi connectivity index (χ2n) is 8.74. The maximum atomic E-state index is 13.5. The van der Waals surface area contributed by atoms with Crippen LogP contribution in [0.25, 0.3) is 0 Å². The molecule has 2 aromatic rings. The van der Waals surface area contributed by atoms with Gasteiger partial charge in [0.05, 0.1) is 0 Å². The van der Waals surface area contributed by atoms with Crippen molar-refractivity contribution in [2.75, 3.05) is 6.61 Å². The molecule has 204 valence electrons. The first-order valence-corrected chi connectivity index (χ1v) is 21.7. The summed E-state index contributed by atoms with van der Waals surface area (Å²) in [5.74, 6) is -5.77. The van der Waals surface area contributed by atoms with E-state index in [1.165, 1.54) is 15.7 Å². The summed E-state index contributed by atoms with van der Waals surface area (Å²) < 4.78 is 95.4. The Kier molecular flexibility index (Phi) is 10.9. The van der Waals surface area contributed by atoms with E-state index in [1.807, 2.05) is 45.0 Å². The molecule has 0 aliphatic rings. The number of halogens is 4. The summed E-state index contributed by atoms with van der Waals surface area (Å²) >= 11 is -1.04. The number of alkyl halides is 4. The zero-order chi connectivity index (χ0) is 28.1. The van der Waals surface area contributed by atoms with Crippen LogP contribution in [0.5, 0.6) is 11.5 Å². The summed E-state index contributed by atoms with van der Waals surface area (Å²) in [6.45, 7) is 5.49. The zero-order valence-corrected chi connectivity index (χ0v) is 25.4. The van der Waals surface area contributed by atoms with E-state index in [9.17, 15) is 35.6 Å². The van der Waals surface area contributed by atoms with Gasteiger partial charge in [-0.05, 0) is 0 Å². The van der Waals surface area contributed by atoms with Gasteiger partial charge in [0.15, 0.2) is 0 Å². The van der Waals surface area contributed by atoms with Gasteiger partial charge in [0, 0.05) is 0 Å². The number of carbonyl (C=O) groups is 2. The molecular formula is C23H24F4O7STe2. The molecule has 0 aliphatic carbocycles. The molecule has 2 aromatic carbocycles. The molecule has 0 amide bonds. The van der Waals surface area contributed by atoms with Crippen LogP contribution >= 0.6 is 0 Å². The van der Waals surface area contributed by atoms with E-state index < -0.39 is 79.6 Å². The Morgan fingerprint density at radius 2 is 1.32 bits per heavy atom. The molecule has 37 heavy (non-hydrogen) atoms. The number of ether oxygens (including phenoxy) is 2. The molecule has 0 atom stereocenters. The second-order valence-corrected chi connectivity index (χ2v) is 20.2. The average Bonchev–Trinajstić information content (AvgIpc) is 2.80. The third kappa shape index (κ3) is 9.38. The Balaban J connectivity index is 1.83. The third-order valence-corrected chi connectivity index (χ3v) is 17.5. The second kappa shape index (κ2) is 12.6. The first kappa shape index (κ1) is 31.8. The molecule has 0 aromatic heterocycles. The van der Waals surface area contributed by atoms with E-state index in [4.69, 9.17) is 14.0 Å². The summed E-state index contributed by atoms with van der Waals surface area (Å²) in [5.41, 5.74) is -0.469. The monoisotopic (exact) mass is 780 g/mol. The molecule has 1 N–H and O–H groups in total. The van der Waals surface area contributed by atoms with Crippen LogP contribution in [-0.2, 0) is 19.7 Å². The molecule has 2 rings (SSSR count). The van der Waals surface area contributed by atoms with E-state index >= 15 is 0 Å². The molecule has 0 saturated carbocycles. The normalized spacial score (nSPS) is 12.8. The average molecular weight is 776 g/mol. The Labute approximate surface area is 228 Å². The zero-order valence-electron chi connectivity index (χ0n) is 19.9. The van der Waals surface area contributed by atoms with Gasteiger partial charge in [-0.2, -0.15) is 0 Å². The predicted octanol–water partition coefficient (Wildman–Crippen LogP) is 2.76. The summed E-state index contributed by atoms with van der Waals surface area (Å²) in [6, 6.07) is 13.9. The number of rotatable bonds is 12. The number of esters is 1. The van der Waals surface area contributed by atoms with Crippen LogP contribution in [0.1, 0.15) is 33.6 Å². The van der Waals surface area contributed by atoms with Crippen LogP contribution in [0.4, 0.5) is 17.6 Å². The van der Waals surface area contributed by atoms with E-state index in [0.29, 0.717) is 5.75 Å². The van der Waals surface area contributed by atoms with Crippen molar-refractivity contribution in [3.8, 4) is 11.5 Å².